The zero-order valence-electron chi connectivity index (χ0n) is 11.7. The molecule has 2 atom stereocenters. The SMILES string of the molecule is CCOCCCN=C1NC2(CCCC(C)C2)CS1. The van der Waals surface area contributed by atoms with Gasteiger partial charge in [-0.25, -0.2) is 0 Å². The fourth-order valence-corrected chi connectivity index (χ4v) is 4.21. The van der Waals surface area contributed by atoms with Gasteiger partial charge in [-0.1, -0.05) is 31.5 Å². The summed E-state index contributed by atoms with van der Waals surface area (Å²) in [4.78, 5) is 4.66. The molecule has 104 valence electrons. The van der Waals surface area contributed by atoms with E-state index < -0.39 is 0 Å². The number of hydrogen-bond acceptors (Lipinski definition) is 3. The van der Waals surface area contributed by atoms with E-state index >= 15 is 0 Å². The van der Waals surface area contributed by atoms with Gasteiger partial charge in [-0.2, -0.15) is 0 Å². The fourth-order valence-electron chi connectivity index (χ4n) is 2.99. The highest BCUT2D eigenvalue weighted by Gasteiger charge is 2.40. The van der Waals surface area contributed by atoms with Gasteiger partial charge in [0.25, 0.3) is 0 Å². The molecule has 2 fully saturated rings. The van der Waals surface area contributed by atoms with Crippen molar-refractivity contribution in [1.29, 1.82) is 0 Å². The van der Waals surface area contributed by atoms with Crippen LogP contribution in [0.15, 0.2) is 4.99 Å². The quantitative estimate of drug-likeness (QED) is 0.780. The molecule has 0 radical (unpaired) electrons. The van der Waals surface area contributed by atoms with E-state index in [-0.39, 0.29) is 0 Å². The average Bonchev–Trinajstić information content (AvgIpc) is 2.72. The Morgan fingerprint density at radius 2 is 2.44 bits per heavy atom. The Morgan fingerprint density at radius 3 is 3.22 bits per heavy atom. The van der Waals surface area contributed by atoms with Crippen molar-refractivity contribution in [3.63, 3.8) is 0 Å². The number of nitrogens with zero attached hydrogens (tertiary/aromatic N) is 1. The van der Waals surface area contributed by atoms with E-state index in [1.54, 1.807) is 0 Å². The summed E-state index contributed by atoms with van der Waals surface area (Å²) >= 11 is 1.91. The number of thioether (sulfide) groups is 1. The van der Waals surface area contributed by atoms with E-state index in [1.165, 1.54) is 36.6 Å². The maximum absolute atomic E-state index is 5.33. The summed E-state index contributed by atoms with van der Waals surface area (Å²) in [5.74, 6) is 2.07. The molecule has 0 aromatic carbocycles. The number of amidine groups is 1. The average molecular weight is 270 g/mol. The molecule has 2 rings (SSSR count). The molecule has 0 aromatic rings. The van der Waals surface area contributed by atoms with Crippen molar-refractivity contribution in [2.45, 2.75) is 51.5 Å². The second kappa shape index (κ2) is 6.80. The third-order valence-electron chi connectivity index (χ3n) is 3.86. The highest BCUT2D eigenvalue weighted by atomic mass is 32.2. The number of ether oxygens (including phenoxy) is 1. The van der Waals surface area contributed by atoms with Gasteiger partial charge in [-0.15, -0.1) is 0 Å². The molecule has 1 saturated heterocycles. The van der Waals surface area contributed by atoms with Crippen LogP contribution in [0.25, 0.3) is 0 Å². The standard InChI is InChI=1S/C14H26N2OS/c1-3-17-9-5-8-15-13-16-14(11-18-13)7-4-6-12(2)10-14/h12H,3-11H2,1-2H3,(H,15,16). The first-order valence-corrected chi connectivity index (χ1v) is 8.26. The molecule has 2 unspecified atom stereocenters. The molecular formula is C14H26N2OS. The maximum Gasteiger partial charge on any atom is 0.157 e. The van der Waals surface area contributed by atoms with Gasteiger partial charge in [0.15, 0.2) is 5.17 Å². The van der Waals surface area contributed by atoms with Gasteiger partial charge in [0.05, 0.1) is 0 Å². The third-order valence-corrected chi connectivity index (χ3v) is 5.06. The van der Waals surface area contributed by atoms with Crippen molar-refractivity contribution in [3.05, 3.63) is 0 Å². The molecule has 0 aromatic heterocycles. The predicted octanol–water partition coefficient (Wildman–Crippen LogP) is 3.05. The minimum absolute atomic E-state index is 0.362. The summed E-state index contributed by atoms with van der Waals surface area (Å²) in [6.07, 6.45) is 6.44. The monoisotopic (exact) mass is 270 g/mol. The number of rotatable bonds is 5. The molecule has 0 amide bonds. The smallest absolute Gasteiger partial charge is 0.157 e. The van der Waals surface area contributed by atoms with Gasteiger partial charge in [0, 0.05) is 31.1 Å². The summed E-state index contributed by atoms with van der Waals surface area (Å²) in [5.41, 5.74) is 0.362. The zero-order chi connectivity index (χ0) is 12.8. The van der Waals surface area contributed by atoms with Crippen molar-refractivity contribution in [1.82, 2.24) is 5.32 Å². The van der Waals surface area contributed by atoms with Crippen molar-refractivity contribution < 1.29 is 4.74 Å². The Balaban J connectivity index is 1.75. The fraction of sp³-hybridized carbons (Fsp3) is 0.929. The lowest BCUT2D eigenvalue weighted by Gasteiger charge is -2.36. The van der Waals surface area contributed by atoms with Crippen molar-refractivity contribution in [2.75, 3.05) is 25.5 Å². The Morgan fingerprint density at radius 1 is 1.56 bits per heavy atom. The molecule has 1 aliphatic carbocycles. The number of nitrogens with one attached hydrogen (secondary N) is 1. The van der Waals surface area contributed by atoms with Gasteiger partial charge < -0.3 is 10.1 Å². The molecule has 1 spiro atoms. The van der Waals surface area contributed by atoms with Crippen molar-refractivity contribution in [3.8, 4) is 0 Å². The highest BCUT2D eigenvalue weighted by Crippen LogP contribution is 2.38. The summed E-state index contributed by atoms with van der Waals surface area (Å²) in [7, 11) is 0. The summed E-state index contributed by atoms with van der Waals surface area (Å²) < 4.78 is 5.33. The van der Waals surface area contributed by atoms with Gasteiger partial charge in [0.2, 0.25) is 0 Å². The minimum Gasteiger partial charge on any atom is -0.382 e. The lowest BCUT2D eigenvalue weighted by atomic mass is 9.78. The second-order valence-electron chi connectivity index (χ2n) is 5.63. The molecule has 3 nitrogen and oxygen atoms in total. The Bertz CT molecular complexity index is 296. The van der Waals surface area contributed by atoms with Crippen LogP contribution in [-0.4, -0.2) is 36.2 Å². The molecule has 4 heteroatoms. The van der Waals surface area contributed by atoms with Gasteiger partial charge in [-0.05, 0) is 32.1 Å². The van der Waals surface area contributed by atoms with E-state index in [2.05, 4.69) is 17.2 Å². The van der Waals surface area contributed by atoms with Crippen LogP contribution >= 0.6 is 11.8 Å². The normalized spacial score (nSPS) is 34.1. The van der Waals surface area contributed by atoms with E-state index in [0.29, 0.717) is 5.54 Å². The molecule has 18 heavy (non-hydrogen) atoms. The molecule has 0 bridgehead atoms. The van der Waals surface area contributed by atoms with E-state index in [0.717, 1.165) is 32.1 Å². The molecular weight excluding hydrogens is 244 g/mol. The van der Waals surface area contributed by atoms with Crippen LogP contribution in [0, 0.1) is 5.92 Å². The Labute approximate surface area is 115 Å². The van der Waals surface area contributed by atoms with E-state index in [1.807, 2.05) is 18.7 Å². The Hall–Kier alpha value is -0.220. The molecule has 1 aliphatic heterocycles. The van der Waals surface area contributed by atoms with Crippen molar-refractivity contribution >= 4 is 16.9 Å². The molecule has 1 saturated carbocycles. The number of aliphatic imine (C=N–C) groups is 1. The van der Waals surface area contributed by atoms with Crippen molar-refractivity contribution in [2.24, 2.45) is 10.9 Å². The maximum atomic E-state index is 5.33. The van der Waals surface area contributed by atoms with Crippen LogP contribution in [-0.2, 0) is 4.74 Å². The lowest BCUT2D eigenvalue weighted by molar-refractivity contribution is 0.146. The summed E-state index contributed by atoms with van der Waals surface area (Å²) in [5, 5.41) is 4.87. The van der Waals surface area contributed by atoms with Crippen LogP contribution in [0.2, 0.25) is 0 Å². The van der Waals surface area contributed by atoms with E-state index in [4.69, 9.17) is 4.74 Å². The molecule has 1 heterocycles. The highest BCUT2D eigenvalue weighted by molar-refractivity contribution is 8.14. The zero-order valence-corrected chi connectivity index (χ0v) is 12.5. The van der Waals surface area contributed by atoms with E-state index in [9.17, 15) is 0 Å². The lowest BCUT2D eigenvalue weighted by Crippen LogP contribution is -2.47. The third kappa shape index (κ3) is 3.89. The largest absolute Gasteiger partial charge is 0.382 e. The van der Waals surface area contributed by atoms with Crippen LogP contribution < -0.4 is 5.32 Å². The number of hydrogen-bond donors (Lipinski definition) is 1. The first-order valence-electron chi connectivity index (χ1n) is 7.27. The Kier molecular flexibility index (Phi) is 5.37. The first kappa shape index (κ1) is 14.2. The summed E-state index contributed by atoms with van der Waals surface area (Å²) in [6, 6.07) is 0. The van der Waals surface area contributed by atoms with Crippen LogP contribution in [0.4, 0.5) is 0 Å². The van der Waals surface area contributed by atoms with Gasteiger partial charge >= 0.3 is 0 Å². The second-order valence-corrected chi connectivity index (χ2v) is 6.60. The minimum atomic E-state index is 0.362. The first-order chi connectivity index (χ1) is 8.74. The summed E-state index contributed by atoms with van der Waals surface area (Å²) in [6.45, 7) is 6.95. The predicted molar refractivity (Wildman–Crippen MR) is 79.4 cm³/mol. The van der Waals surface area contributed by atoms with Crippen LogP contribution in [0.1, 0.15) is 46.0 Å². The van der Waals surface area contributed by atoms with Crippen LogP contribution in [0.5, 0.6) is 0 Å². The molecule has 2 aliphatic rings. The topological polar surface area (TPSA) is 33.6 Å². The molecule has 1 N–H and O–H groups in total. The van der Waals surface area contributed by atoms with Gasteiger partial charge in [0.1, 0.15) is 0 Å². The van der Waals surface area contributed by atoms with Gasteiger partial charge in [-0.3, -0.25) is 4.99 Å². The van der Waals surface area contributed by atoms with Crippen LogP contribution in [0.3, 0.4) is 0 Å².